The van der Waals surface area contributed by atoms with Gasteiger partial charge in [0.2, 0.25) is 10.0 Å². The molecule has 10 heteroatoms. The molecule has 0 fully saturated rings. The summed E-state index contributed by atoms with van der Waals surface area (Å²) in [6.45, 7) is -0.876. The van der Waals surface area contributed by atoms with Gasteiger partial charge >= 0.3 is 5.97 Å². The number of carboxylic acid groups (broad SMARTS) is 1. The number of sulfonamides is 1. The molecule has 0 saturated heterocycles. The number of aliphatic carboxylic acids is 1. The highest BCUT2D eigenvalue weighted by atomic mass is 79.9. The van der Waals surface area contributed by atoms with E-state index in [9.17, 15) is 13.2 Å². The molecule has 0 aliphatic heterocycles. The van der Waals surface area contributed by atoms with Gasteiger partial charge < -0.3 is 19.7 Å². The predicted molar refractivity (Wildman–Crippen MR) is 76.1 cm³/mol. The minimum absolute atomic E-state index is 0.162. The van der Waals surface area contributed by atoms with Gasteiger partial charge in [0.25, 0.3) is 0 Å². The zero-order chi connectivity index (χ0) is 16.2. The molecule has 0 heterocycles. The lowest BCUT2D eigenvalue weighted by atomic mass is 10.3. The third-order valence-electron chi connectivity index (χ3n) is 2.51. The van der Waals surface area contributed by atoms with Gasteiger partial charge in [-0.3, -0.25) is 4.79 Å². The molecule has 0 aliphatic carbocycles. The van der Waals surface area contributed by atoms with Crippen LogP contribution in [0.15, 0.2) is 21.5 Å². The Morgan fingerprint density at radius 1 is 1.33 bits per heavy atom. The lowest BCUT2D eigenvalue weighted by molar-refractivity contribution is -0.139. The van der Waals surface area contributed by atoms with E-state index in [0.29, 0.717) is 5.75 Å². The molecule has 0 aliphatic rings. The molecule has 3 N–H and O–H groups in total. The molecule has 0 aromatic heterocycles. The summed E-state index contributed by atoms with van der Waals surface area (Å²) in [5.41, 5.74) is 0. The van der Waals surface area contributed by atoms with Crippen LogP contribution in [0.4, 0.5) is 0 Å². The van der Waals surface area contributed by atoms with E-state index in [4.69, 9.17) is 19.7 Å². The van der Waals surface area contributed by atoms with E-state index in [2.05, 4.69) is 15.9 Å². The molecule has 0 unspecified atom stereocenters. The fraction of sp³-hybridized carbons (Fsp3) is 0.364. The van der Waals surface area contributed by atoms with Crippen LogP contribution in [0.3, 0.4) is 0 Å². The lowest BCUT2D eigenvalue weighted by Gasteiger charge is -2.15. The largest absolute Gasteiger partial charge is 0.493 e. The van der Waals surface area contributed by atoms with Crippen LogP contribution in [0.5, 0.6) is 11.5 Å². The molecule has 0 radical (unpaired) electrons. The molecular weight excluding hydrogens is 370 g/mol. The maximum absolute atomic E-state index is 12.2. The van der Waals surface area contributed by atoms with Crippen molar-refractivity contribution in [2.45, 2.75) is 10.9 Å². The first kappa shape index (κ1) is 17.7. The summed E-state index contributed by atoms with van der Waals surface area (Å²) in [7, 11) is -1.45. The number of rotatable bonds is 7. The van der Waals surface area contributed by atoms with Crippen LogP contribution >= 0.6 is 15.9 Å². The Balaban J connectivity index is 3.28. The minimum atomic E-state index is -4.18. The van der Waals surface area contributed by atoms with Crippen LogP contribution in [0, 0.1) is 0 Å². The number of hydrogen-bond donors (Lipinski definition) is 3. The predicted octanol–water partition coefficient (Wildman–Crippen LogP) is 0.190. The Labute approximate surface area is 129 Å². The van der Waals surface area contributed by atoms with Crippen molar-refractivity contribution in [1.29, 1.82) is 0 Å². The summed E-state index contributed by atoms with van der Waals surface area (Å²) in [6, 6.07) is 0.916. The molecule has 1 aromatic rings. The maximum Gasteiger partial charge on any atom is 0.324 e. The Morgan fingerprint density at radius 2 is 1.86 bits per heavy atom. The number of benzene rings is 1. The van der Waals surface area contributed by atoms with Crippen molar-refractivity contribution in [1.82, 2.24) is 4.72 Å². The highest BCUT2D eigenvalue weighted by Gasteiger charge is 2.27. The average molecular weight is 384 g/mol. The zero-order valence-corrected chi connectivity index (χ0v) is 13.6. The number of nitrogens with one attached hydrogen (secondary N) is 1. The third kappa shape index (κ3) is 4.06. The number of ether oxygens (including phenoxy) is 2. The Bertz CT molecular complexity index is 632. The van der Waals surface area contributed by atoms with Crippen LogP contribution < -0.4 is 14.2 Å². The number of hydrogen-bond acceptors (Lipinski definition) is 6. The van der Waals surface area contributed by atoms with E-state index >= 15 is 0 Å². The van der Waals surface area contributed by atoms with Gasteiger partial charge in [-0.15, -0.1) is 0 Å². The number of halogens is 1. The Morgan fingerprint density at radius 3 is 2.29 bits per heavy atom. The summed E-state index contributed by atoms with van der Waals surface area (Å²) >= 11 is 3.07. The normalized spacial score (nSPS) is 12.8. The van der Waals surface area contributed by atoms with Crippen LogP contribution in [-0.2, 0) is 14.8 Å². The molecule has 0 amide bonds. The first-order chi connectivity index (χ1) is 9.76. The molecule has 118 valence electrons. The summed E-state index contributed by atoms with van der Waals surface area (Å²) < 4.78 is 36.4. The Hall–Kier alpha value is -1.36. The monoisotopic (exact) mass is 383 g/mol. The number of carbonyl (C=O) groups is 1. The first-order valence-electron chi connectivity index (χ1n) is 5.54. The second kappa shape index (κ2) is 7.07. The number of aliphatic hydroxyl groups is 1. The summed E-state index contributed by atoms with van der Waals surface area (Å²) in [4.78, 5) is 10.6. The van der Waals surface area contributed by atoms with Crippen molar-refractivity contribution < 1.29 is 32.9 Å². The highest BCUT2D eigenvalue weighted by molar-refractivity contribution is 9.10. The molecule has 1 rings (SSSR count). The average Bonchev–Trinajstić information content (AvgIpc) is 2.43. The van der Waals surface area contributed by atoms with Gasteiger partial charge in [0.05, 0.1) is 20.8 Å². The van der Waals surface area contributed by atoms with Crippen LogP contribution in [0.1, 0.15) is 0 Å². The smallest absolute Gasteiger partial charge is 0.324 e. The van der Waals surface area contributed by atoms with Crippen LogP contribution in [-0.4, -0.2) is 51.5 Å². The minimum Gasteiger partial charge on any atom is -0.493 e. The molecule has 0 bridgehead atoms. The van der Waals surface area contributed by atoms with Crippen molar-refractivity contribution in [2.24, 2.45) is 0 Å². The van der Waals surface area contributed by atoms with E-state index in [1.54, 1.807) is 0 Å². The molecule has 8 nitrogen and oxygen atoms in total. The summed E-state index contributed by atoms with van der Waals surface area (Å²) in [5.74, 6) is -1.02. The van der Waals surface area contributed by atoms with Crippen LogP contribution in [0.2, 0.25) is 0 Å². The molecule has 21 heavy (non-hydrogen) atoms. The fourth-order valence-corrected chi connectivity index (χ4v) is 3.67. The molecular formula is C11H14BrNO7S. The van der Waals surface area contributed by atoms with Gasteiger partial charge in [-0.05, 0) is 22.0 Å². The van der Waals surface area contributed by atoms with Gasteiger partial charge in [0.15, 0.2) is 11.5 Å². The molecule has 1 atom stereocenters. The highest BCUT2D eigenvalue weighted by Crippen LogP contribution is 2.35. The van der Waals surface area contributed by atoms with Gasteiger partial charge in [0.1, 0.15) is 10.9 Å². The molecule has 0 spiro atoms. The third-order valence-corrected chi connectivity index (χ3v) is 4.94. The maximum atomic E-state index is 12.2. The van der Waals surface area contributed by atoms with Crippen molar-refractivity contribution >= 4 is 31.9 Å². The van der Waals surface area contributed by atoms with Crippen molar-refractivity contribution in [3.63, 3.8) is 0 Å². The standard InChI is InChI=1S/C11H14BrNO7S/c1-19-8-3-6(12)10(4-9(8)20-2)21(17,18)13-7(5-14)11(15)16/h3-4,7,13-14H,5H2,1-2H3,(H,15,16)/t7-/m0/s1. The van der Waals surface area contributed by atoms with Gasteiger partial charge in [-0.2, -0.15) is 4.72 Å². The number of aliphatic hydroxyl groups excluding tert-OH is 1. The summed E-state index contributed by atoms with van der Waals surface area (Å²) in [6.07, 6.45) is 0. The van der Waals surface area contributed by atoms with Gasteiger partial charge in [-0.25, -0.2) is 8.42 Å². The Kier molecular flexibility index (Phi) is 5.96. The zero-order valence-electron chi connectivity index (χ0n) is 11.2. The van der Waals surface area contributed by atoms with E-state index in [0.717, 1.165) is 0 Å². The van der Waals surface area contributed by atoms with E-state index in [1.807, 2.05) is 4.72 Å². The second-order valence-electron chi connectivity index (χ2n) is 3.83. The summed E-state index contributed by atoms with van der Waals surface area (Å²) in [5, 5.41) is 17.7. The topological polar surface area (TPSA) is 122 Å². The molecule has 0 saturated carbocycles. The van der Waals surface area contributed by atoms with Crippen molar-refractivity contribution in [3.05, 3.63) is 16.6 Å². The second-order valence-corrected chi connectivity index (χ2v) is 6.37. The number of methoxy groups -OCH3 is 2. The number of carboxylic acids is 1. The first-order valence-corrected chi connectivity index (χ1v) is 7.82. The van der Waals surface area contributed by atoms with E-state index in [1.165, 1.54) is 26.4 Å². The quantitative estimate of drug-likeness (QED) is 0.614. The van der Waals surface area contributed by atoms with Gasteiger partial charge in [-0.1, -0.05) is 0 Å². The fourth-order valence-electron chi connectivity index (χ4n) is 1.46. The lowest BCUT2D eigenvalue weighted by Crippen LogP contribution is -2.43. The van der Waals surface area contributed by atoms with Crippen molar-refractivity contribution in [3.8, 4) is 11.5 Å². The van der Waals surface area contributed by atoms with E-state index < -0.39 is 28.6 Å². The van der Waals surface area contributed by atoms with Gasteiger partial charge in [0, 0.05) is 10.5 Å². The SMILES string of the molecule is COc1cc(Br)c(S(=O)(=O)N[C@@H](CO)C(=O)O)cc1OC. The van der Waals surface area contributed by atoms with E-state index in [-0.39, 0.29) is 15.1 Å². The van der Waals surface area contributed by atoms with Crippen molar-refractivity contribution in [2.75, 3.05) is 20.8 Å². The van der Waals surface area contributed by atoms with Crippen LogP contribution in [0.25, 0.3) is 0 Å². The molecule has 1 aromatic carbocycles.